The number of hydrogen-bond donors (Lipinski definition) is 1. The Kier molecular flexibility index (Phi) is 7.10. The topological polar surface area (TPSA) is 94.6 Å². The van der Waals surface area contributed by atoms with Crippen LogP contribution in [0.25, 0.3) is 0 Å². The third-order valence-electron chi connectivity index (χ3n) is 4.78. The lowest BCUT2D eigenvalue weighted by Crippen LogP contribution is -2.05. The van der Waals surface area contributed by atoms with Gasteiger partial charge in [0.2, 0.25) is 11.5 Å². The number of nitrogens with zero attached hydrogens (tertiary/aromatic N) is 1. The van der Waals surface area contributed by atoms with Crippen molar-refractivity contribution in [2.45, 2.75) is 16.9 Å². The van der Waals surface area contributed by atoms with Gasteiger partial charge in [-0.15, -0.1) is 23.1 Å². The first-order chi connectivity index (χ1) is 14.9. The van der Waals surface area contributed by atoms with E-state index in [1.165, 1.54) is 55.6 Å². The number of aryl methyl sites for hydroxylation is 1. The summed E-state index contributed by atoms with van der Waals surface area (Å²) in [5, 5.41) is 9.64. The van der Waals surface area contributed by atoms with Gasteiger partial charge in [0.15, 0.2) is 11.5 Å². The summed E-state index contributed by atoms with van der Waals surface area (Å²) in [6.07, 6.45) is 0. The highest BCUT2D eigenvalue weighted by Crippen LogP contribution is 2.43. The molecule has 0 aliphatic carbocycles. The van der Waals surface area contributed by atoms with E-state index in [-0.39, 0.29) is 11.5 Å². The van der Waals surface area contributed by atoms with Gasteiger partial charge < -0.3 is 19.9 Å². The van der Waals surface area contributed by atoms with Crippen LogP contribution in [0.1, 0.15) is 31.9 Å². The second kappa shape index (κ2) is 9.77. The van der Waals surface area contributed by atoms with E-state index in [0.717, 1.165) is 4.21 Å². The van der Waals surface area contributed by atoms with Crippen molar-refractivity contribution in [1.82, 2.24) is 0 Å². The first-order valence-corrected chi connectivity index (χ1v) is 11.1. The first kappa shape index (κ1) is 22.5. The summed E-state index contributed by atoms with van der Waals surface area (Å²) in [7, 11) is 4.47. The van der Waals surface area contributed by atoms with Gasteiger partial charge in [0.1, 0.15) is 16.5 Å². The first-order valence-electron chi connectivity index (χ1n) is 9.29. The van der Waals surface area contributed by atoms with Gasteiger partial charge in [-0.1, -0.05) is 24.3 Å². The Balaban J connectivity index is 1.97. The summed E-state index contributed by atoms with van der Waals surface area (Å²) in [6.45, 7) is 2.04. The van der Waals surface area contributed by atoms with Gasteiger partial charge in [-0.05, 0) is 30.2 Å². The quantitative estimate of drug-likeness (QED) is 0.375. The molecule has 3 rings (SSSR count). The highest BCUT2D eigenvalue weighted by Gasteiger charge is 2.25. The zero-order chi connectivity index (χ0) is 22.5. The van der Waals surface area contributed by atoms with E-state index < -0.39 is 0 Å². The molecule has 0 aliphatic heterocycles. The molecule has 31 heavy (non-hydrogen) atoms. The SMILES string of the molecule is COc1cc(C(=O)c2sc(SCc3ccccc3C)c(C#N)c2N)cc(OC)c1OC. The average molecular weight is 455 g/mol. The number of thioether (sulfide) groups is 1. The Labute approximate surface area is 189 Å². The molecule has 3 aromatic rings. The molecule has 0 atom stereocenters. The van der Waals surface area contributed by atoms with Crippen LogP contribution < -0.4 is 19.9 Å². The van der Waals surface area contributed by atoms with Crippen LogP contribution in [-0.2, 0) is 5.75 Å². The minimum Gasteiger partial charge on any atom is -0.493 e. The van der Waals surface area contributed by atoms with Gasteiger partial charge in [0, 0.05) is 11.3 Å². The molecule has 160 valence electrons. The van der Waals surface area contributed by atoms with Crippen LogP contribution >= 0.6 is 23.1 Å². The number of ketones is 1. The molecule has 1 aromatic heterocycles. The van der Waals surface area contributed by atoms with Crippen molar-refractivity contribution in [2.75, 3.05) is 27.1 Å². The average Bonchev–Trinajstić information content (AvgIpc) is 3.11. The number of rotatable bonds is 8. The summed E-state index contributed by atoms with van der Waals surface area (Å²) in [5.74, 6) is 1.51. The van der Waals surface area contributed by atoms with Crippen LogP contribution in [0.5, 0.6) is 17.2 Å². The van der Waals surface area contributed by atoms with Crippen LogP contribution in [-0.4, -0.2) is 27.1 Å². The molecule has 0 unspecified atom stereocenters. The maximum absolute atomic E-state index is 13.3. The number of nitrogen functional groups attached to an aromatic ring is 1. The van der Waals surface area contributed by atoms with Crippen molar-refractivity contribution in [3.8, 4) is 23.3 Å². The number of ether oxygens (including phenoxy) is 3. The zero-order valence-electron chi connectivity index (χ0n) is 17.6. The van der Waals surface area contributed by atoms with Gasteiger partial charge in [0.05, 0.1) is 31.2 Å². The van der Waals surface area contributed by atoms with Crippen molar-refractivity contribution in [3.05, 3.63) is 63.5 Å². The minimum absolute atomic E-state index is 0.193. The summed E-state index contributed by atoms with van der Waals surface area (Å²) in [6, 6.07) is 13.4. The Morgan fingerprint density at radius 1 is 1.13 bits per heavy atom. The van der Waals surface area contributed by atoms with E-state index >= 15 is 0 Å². The normalized spacial score (nSPS) is 10.4. The van der Waals surface area contributed by atoms with Crippen molar-refractivity contribution in [1.29, 1.82) is 5.26 Å². The molecule has 0 amide bonds. The van der Waals surface area contributed by atoms with Crippen LogP contribution in [0.4, 0.5) is 5.69 Å². The van der Waals surface area contributed by atoms with Gasteiger partial charge in [-0.2, -0.15) is 5.26 Å². The van der Waals surface area contributed by atoms with Crippen molar-refractivity contribution >= 4 is 34.6 Å². The summed E-state index contributed by atoms with van der Waals surface area (Å²) in [4.78, 5) is 13.6. The van der Waals surface area contributed by atoms with Gasteiger partial charge >= 0.3 is 0 Å². The number of methoxy groups -OCH3 is 3. The number of carbonyl (C=O) groups excluding carboxylic acids is 1. The second-order valence-electron chi connectivity index (χ2n) is 6.58. The molecule has 6 nitrogen and oxygen atoms in total. The lowest BCUT2D eigenvalue weighted by Gasteiger charge is -2.13. The van der Waals surface area contributed by atoms with Gasteiger partial charge in [-0.3, -0.25) is 4.79 Å². The fraction of sp³-hybridized carbons (Fsp3) is 0.217. The molecule has 0 saturated carbocycles. The van der Waals surface area contributed by atoms with Crippen LogP contribution in [0.2, 0.25) is 0 Å². The maximum atomic E-state index is 13.3. The summed E-state index contributed by atoms with van der Waals surface area (Å²) >= 11 is 2.73. The number of carbonyl (C=O) groups is 1. The number of nitriles is 1. The number of thiophene rings is 1. The van der Waals surface area contributed by atoms with E-state index in [1.807, 2.05) is 31.2 Å². The lowest BCUT2D eigenvalue weighted by atomic mass is 10.1. The largest absolute Gasteiger partial charge is 0.493 e. The van der Waals surface area contributed by atoms with E-state index in [0.29, 0.717) is 39.0 Å². The molecular formula is C23H22N2O4S2. The smallest absolute Gasteiger partial charge is 0.205 e. The molecule has 0 bridgehead atoms. The molecule has 0 radical (unpaired) electrons. The fourth-order valence-electron chi connectivity index (χ4n) is 3.06. The van der Waals surface area contributed by atoms with Crippen molar-refractivity contribution in [3.63, 3.8) is 0 Å². The Hall–Kier alpha value is -3.15. The number of hydrogen-bond acceptors (Lipinski definition) is 8. The molecule has 0 saturated heterocycles. The molecule has 1 heterocycles. The summed E-state index contributed by atoms with van der Waals surface area (Å²) < 4.78 is 16.7. The van der Waals surface area contributed by atoms with Crippen LogP contribution in [0.15, 0.2) is 40.6 Å². The number of anilines is 1. The molecule has 2 N–H and O–H groups in total. The molecule has 0 spiro atoms. The van der Waals surface area contributed by atoms with E-state index in [1.54, 1.807) is 12.1 Å². The van der Waals surface area contributed by atoms with Crippen molar-refractivity contribution < 1.29 is 19.0 Å². The highest BCUT2D eigenvalue weighted by atomic mass is 32.2. The molecular weight excluding hydrogens is 432 g/mol. The van der Waals surface area contributed by atoms with Gasteiger partial charge in [0.25, 0.3) is 0 Å². The Bertz CT molecular complexity index is 1140. The third kappa shape index (κ3) is 4.48. The Morgan fingerprint density at radius 3 is 2.32 bits per heavy atom. The minimum atomic E-state index is -0.305. The van der Waals surface area contributed by atoms with Crippen LogP contribution in [0.3, 0.4) is 0 Å². The predicted octanol–water partition coefficient (Wildman–Crippen LogP) is 5.06. The molecule has 8 heteroatoms. The van der Waals surface area contributed by atoms with Crippen molar-refractivity contribution in [2.24, 2.45) is 0 Å². The predicted molar refractivity (Wildman–Crippen MR) is 124 cm³/mol. The second-order valence-corrected chi connectivity index (χ2v) is 8.84. The van der Waals surface area contributed by atoms with Crippen LogP contribution in [0, 0.1) is 18.3 Å². The standard InChI is InChI=1S/C23H22N2O4S2/c1-13-7-5-6-8-14(13)12-30-23-16(11-24)19(25)22(31-23)20(26)15-9-17(27-2)21(29-4)18(10-15)28-3/h5-10H,12,25H2,1-4H3. The monoisotopic (exact) mass is 454 g/mol. The number of nitrogens with two attached hydrogens (primary N) is 1. The molecule has 0 fully saturated rings. The van der Waals surface area contributed by atoms with E-state index in [9.17, 15) is 10.1 Å². The molecule has 0 aliphatic rings. The number of benzene rings is 2. The fourth-order valence-corrected chi connectivity index (χ4v) is 5.50. The third-order valence-corrected chi connectivity index (χ3v) is 7.30. The van der Waals surface area contributed by atoms with E-state index in [2.05, 4.69) is 6.07 Å². The molecule has 2 aromatic carbocycles. The summed E-state index contributed by atoms with van der Waals surface area (Å²) in [5.41, 5.74) is 9.42. The lowest BCUT2D eigenvalue weighted by molar-refractivity contribution is 0.104. The highest BCUT2D eigenvalue weighted by molar-refractivity contribution is 8.00. The van der Waals surface area contributed by atoms with E-state index in [4.69, 9.17) is 19.9 Å². The zero-order valence-corrected chi connectivity index (χ0v) is 19.3. The Morgan fingerprint density at radius 2 is 1.77 bits per heavy atom. The van der Waals surface area contributed by atoms with Gasteiger partial charge in [-0.25, -0.2) is 0 Å². The maximum Gasteiger partial charge on any atom is 0.205 e.